The van der Waals surface area contributed by atoms with E-state index in [1.807, 2.05) is 0 Å². The zero-order valence-corrected chi connectivity index (χ0v) is 13.4. The van der Waals surface area contributed by atoms with E-state index in [-0.39, 0.29) is 17.3 Å². The van der Waals surface area contributed by atoms with Crippen molar-refractivity contribution in [1.29, 1.82) is 0 Å². The molecule has 1 aromatic carbocycles. The molecule has 0 unspecified atom stereocenters. The Morgan fingerprint density at radius 2 is 1.95 bits per heavy atom. The molecule has 0 aromatic heterocycles. The van der Waals surface area contributed by atoms with Gasteiger partial charge in [0, 0.05) is 18.2 Å². The van der Waals surface area contributed by atoms with Crippen molar-refractivity contribution in [3.05, 3.63) is 23.5 Å². The maximum Gasteiger partial charge on any atom is 0.254 e. The standard InChI is InChI=1S/C16H24FN3O2/c1-20(2)11-6-4-10(5-7-11)19-16(21)12-8-15(22-3)14(18)9-13(12)17/h8-11H,4-7,18H2,1-3H3,(H,19,21)/t10-,11-. The zero-order valence-electron chi connectivity index (χ0n) is 13.4. The number of methoxy groups -OCH3 is 1. The van der Waals surface area contributed by atoms with Gasteiger partial charge in [-0.15, -0.1) is 0 Å². The molecule has 0 heterocycles. The fraction of sp³-hybridized carbons (Fsp3) is 0.562. The summed E-state index contributed by atoms with van der Waals surface area (Å²) in [6.07, 6.45) is 3.88. The highest BCUT2D eigenvalue weighted by atomic mass is 19.1. The van der Waals surface area contributed by atoms with Crippen LogP contribution < -0.4 is 15.8 Å². The average Bonchev–Trinajstić information content (AvgIpc) is 2.47. The van der Waals surface area contributed by atoms with Crippen LogP contribution in [0.5, 0.6) is 5.75 Å². The van der Waals surface area contributed by atoms with Gasteiger partial charge in [-0.1, -0.05) is 0 Å². The number of hydrogen-bond donors (Lipinski definition) is 2. The molecular formula is C16H24FN3O2. The zero-order chi connectivity index (χ0) is 16.3. The first kappa shape index (κ1) is 16.5. The number of anilines is 1. The smallest absolute Gasteiger partial charge is 0.254 e. The Morgan fingerprint density at radius 3 is 2.50 bits per heavy atom. The van der Waals surface area contributed by atoms with Gasteiger partial charge in [0.2, 0.25) is 0 Å². The van der Waals surface area contributed by atoms with Crippen LogP contribution in [0.3, 0.4) is 0 Å². The number of halogens is 1. The highest BCUT2D eigenvalue weighted by Crippen LogP contribution is 2.26. The number of nitrogen functional groups attached to an aromatic ring is 1. The van der Waals surface area contributed by atoms with Crippen molar-refractivity contribution in [3.63, 3.8) is 0 Å². The topological polar surface area (TPSA) is 67.6 Å². The van der Waals surface area contributed by atoms with E-state index in [1.54, 1.807) is 0 Å². The second kappa shape index (κ2) is 6.96. The summed E-state index contributed by atoms with van der Waals surface area (Å²) >= 11 is 0. The van der Waals surface area contributed by atoms with E-state index in [0.717, 1.165) is 31.7 Å². The Kier molecular flexibility index (Phi) is 5.24. The number of nitrogens with two attached hydrogens (primary N) is 1. The molecule has 1 aromatic rings. The summed E-state index contributed by atoms with van der Waals surface area (Å²) in [7, 11) is 5.58. The molecule has 122 valence electrons. The van der Waals surface area contributed by atoms with Crippen LogP contribution in [0.1, 0.15) is 36.0 Å². The highest BCUT2D eigenvalue weighted by Gasteiger charge is 2.25. The molecule has 2 rings (SSSR count). The second-order valence-electron chi connectivity index (χ2n) is 6.02. The second-order valence-corrected chi connectivity index (χ2v) is 6.02. The molecule has 22 heavy (non-hydrogen) atoms. The van der Waals surface area contributed by atoms with Crippen molar-refractivity contribution in [2.45, 2.75) is 37.8 Å². The van der Waals surface area contributed by atoms with Crippen LogP contribution in [0.25, 0.3) is 0 Å². The molecule has 1 fully saturated rings. The molecule has 0 atom stereocenters. The summed E-state index contributed by atoms with van der Waals surface area (Å²) in [5.41, 5.74) is 5.78. The normalized spacial score (nSPS) is 21.7. The number of carbonyl (C=O) groups excluding carboxylic acids is 1. The van der Waals surface area contributed by atoms with Gasteiger partial charge in [-0.05, 0) is 45.8 Å². The predicted octanol–water partition coefficient (Wildman–Crippen LogP) is 2.02. The molecule has 6 heteroatoms. The van der Waals surface area contributed by atoms with Gasteiger partial charge in [0.15, 0.2) is 0 Å². The lowest BCUT2D eigenvalue weighted by Gasteiger charge is -2.33. The fourth-order valence-electron chi connectivity index (χ4n) is 2.92. The molecule has 0 aliphatic heterocycles. The van der Waals surface area contributed by atoms with Gasteiger partial charge in [0.05, 0.1) is 18.4 Å². The Morgan fingerprint density at radius 1 is 1.32 bits per heavy atom. The van der Waals surface area contributed by atoms with Gasteiger partial charge in [-0.3, -0.25) is 4.79 Å². The van der Waals surface area contributed by atoms with E-state index in [2.05, 4.69) is 24.3 Å². The third-order valence-corrected chi connectivity index (χ3v) is 4.33. The largest absolute Gasteiger partial charge is 0.495 e. The van der Waals surface area contributed by atoms with Crippen LogP contribution in [0.4, 0.5) is 10.1 Å². The Balaban J connectivity index is 2.01. The predicted molar refractivity (Wildman–Crippen MR) is 84.6 cm³/mol. The van der Waals surface area contributed by atoms with Gasteiger partial charge >= 0.3 is 0 Å². The summed E-state index contributed by atoms with van der Waals surface area (Å²) in [5.74, 6) is -0.732. The quantitative estimate of drug-likeness (QED) is 0.835. The monoisotopic (exact) mass is 309 g/mol. The van der Waals surface area contributed by atoms with Crippen LogP contribution >= 0.6 is 0 Å². The molecule has 1 amide bonds. The number of benzene rings is 1. The van der Waals surface area contributed by atoms with Crippen LogP contribution in [0.15, 0.2) is 12.1 Å². The van der Waals surface area contributed by atoms with Crippen LogP contribution in [0.2, 0.25) is 0 Å². The third kappa shape index (κ3) is 3.68. The lowest BCUT2D eigenvalue weighted by atomic mass is 9.90. The lowest BCUT2D eigenvalue weighted by Crippen LogP contribution is -2.42. The molecule has 0 spiro atoms. The van der Waals surface area contributed by atoms with Gasteiger partial charge < -0.3 is 20.7 Å². The van der Waals surface area contributed by atoms with Crippen molar-refractivity contribution in [2.75, 3.05) is 26.9 Å². The molecule has 0 saturated heterocycles. The van der Waals surface area contributed by atoms with E-state index in [9.17, 15) is 9.18 Å². The number of ether oxygens (including phenoxy) is 1. The maximum atomic E-state index is 13.9. The molecule has 0 radical (unpaired) electrons. The Labute approximate surface area is 130 Å². The third-order valence-electron chi connectivity index (χ3n) is 4.33. The molecule has 1 aliphatic carbocycles. The molecular weight excluding hydrogens is 285 g/mol. The first-order valence-electron chi connectivity index (χ1n) is 7.52. The minimum atomic E-state index is -0.627. The van der Waals surface area contributed by atoms with Gasteiger partial charge in [-0.2, -0.15) is 0 Å². The molecule has 1 saturated carbocycles. The minimum absolute atomic E-state index is 0.0271. The summed E-state index contributed by atoms with van der Waals surface area (Å²) in [4.78, 5) is 14.5. The van der Waals surface area contributed by atoms with Crippen molar-refractivity contribution >= 4 is 11.6 Å². The Bertz CT molecular complexity index is 540. The van der Waals surface area contributed by atoms with Crippen molar-refractivity contribution in [2.24, 2.45) is 0 Å². The number of nitrogens with one attached hydrogen (secondary N) is 1. The Hall–Kier alpha value is -1.82. The van der Waals surface area contributed by atoms with Crippen LogP contribution in [-0.2, 0) is 0 Å². The minimum Gasteiger partial charge on any atom is -0.495 e. The molecule has 3 N–H and O–H groups in total. The highest BCUT2D eigenvalue weighted by molar-refractivity contribution is 5.95. The summed E-state index contributed by atoms with van der Waals surface area (Å²) < 4.78 is 19.0. The number of hydrogen-bond acceptors (Lipinski definition) is 4. The average molecular weight is 309 g/mol. The fourth-order valence-corrected chi connectivity index (χ4v) is 2.92. The maximum absolute atomic E-state index is 13.9. The van der Waals surface area contributed by atoms with E-state index in [1.165, 1.54) is 13.2 Å². The van der Waals surface area contributed by atoms with Gasteiger partial charge in [-0.25, -0.2) is 4.39 Å². The molecule has 0 bridgehead atoms. The van der Waals surface area contributed by atoms with Crippen molar-refractivity contribution < 1.29 is 13.9 Å². The first-order chi connectivity index (χ1) is 10.4. The summed E-state index contributed by atoms with van der Waals surface area (Å²) in [6.45, 7) is 0. The summed E-state index contributed by atoms with van der Waals surface area (Å²) in [6, 6.07) is 3.12. The first-order valence-corrected chi connectivity index (χ1v) is 7.52. The number of amides is 1. The summed E-state index contributed by atoms with van der Waals surface area (Å²) in [5, 5.41) is 2.91. The SMILES string of the molecule is COc1cc(C(=O)N[C@H]2CC[C@H](N(C)C)CC2)c(F)cc1N. The number of nitrogens with zero attached hydrogens (tertiary/aromatic N) is 1. The van der Waals surface area contributed by atoms with E-state index < -0.39 is 11.7 Å². The van der Waals surface area contributed by atoms with Crippen LogP contribution in [-0.4, -0.2) is 44.1 Å². The lowest BCUT2D eigenvalue weighted by molar-refractivity contribution is 0.0912. The van der Waals surface area contributed by atoms with E-state index in [4.69, 9.17) is 10.5 Å². The number of rotatable bonds is 4. The van der Waals surface area contributed by atoms with E-state index >= 15 is 0 Å². The van der Waals surface area contributed by atoms with Crippen LogP contribution in [0, 0.1) is 5.82 Å². The van der Waals surface area contributed by atoms with Crippen molar-refractivity contribution in [3.8, 4) is 5.75 Å². The molecule has 1 aliphatic rings. The van der Waals surface area contributed by atoms with E-state index in [0.29, 0.717) is 11.8 Å². The number of carbonyl (C=O) groups is 1. The molecule has 5 nitrogen and oxygen atoms in total. The van der Waals surface area contributed by atoms with Gasteiger partial charge in [0.1, 0.15) is 11.6 Å². The van der Waals surface area contributed by atoms with Gasteiger partial charge in [0.25, 0.3) is 5.91 Å². The van der Waals surface area contributed by atoms with Crippen molar-refractivity contribution in [1.82, 2.24) is 10.2 Å².